The Kier molecular flexibility index (Phi) is 5.91. The Hall–Kier alpha value is -3.13. The number of rotatable bonds is 6. The molecule has 2 aromatic rings. The molecule has 0 heterocycles. The molecular formula is C16H13ClN3O5-. The number of ether oxygens (including phenoxy) is 1. The summed E-state index contributed by atoms with van der Waals surface area (Å²) in [5, 5.41) is 26.2. The van der Waals surface area contributed by atoms with Crippen LogP contribution in [0.4, 0.5) is 5.69 Å². The van der Waals surface area contributed by atoms with Crippen molar-refractivity contribution in [2.24, 2.45) is 5.10 Å². The van der Waals surface area contributed by atoms with Gasteiger partial charge in [0.25, 0.3) is 11.6 Å². The van der Waals surface area contributed by atoms with Crippen LogP contribution < -0.4 is 15.3 Å². The topological polar surface area (TPSA) is 117 Å². The van der Waals surface area contributed by atoms with Crippen LogP contribution in [0.3, 0.4) is 0 Å². The van der Waals surface area contributed by atoms with Gasteiger partial charge in [-0.3, -0.25) is 14.9 Å². The highest BCUT2D eigenvalue weighted by Crippen LogP contribution is 2.23. The van der Waals surface area contributed by atoms with Crippen LogP contribution in [-0.4, -0.2) is 23.7 Å². The van der Waals surface area contributed by atoms with Crippen LogP contribution in [0.15, 0.2) is 41.5 Å². The number of nitrogens with one attached hydrogen (secondary N) is 1. The molecule has 0 fully saturated rings. The van der Waals surface area contributed by atoms with Gasteiger partial charge in [0.1, 0.15) is 5.75 Å². The van der Waals surface area contributed by atoms with E-state index in [-0.39, 0.29) is 6.61 Å². The molecule has 0 unspecified atom stereocenters. The van der Waals surface area contributed by atoms with Gasteiger partial charge in [-0.15, -0.1) is 0 Å². The molecule has 2 rings (SSSR count). The fourth-order valence-corrected chi connectivity index (χ4v) is 1.94. The molecule has 8 nitrogen and oxygen atoms in total. The van der Waals surface area contributed by atoms with Gasteiger partial charge in [-0.2, -0.15) is 5.10 Å². The van der Waals surface area contributed by atoms with E-state index in [1.807, 2.05) is 6.92 Å². The Bertz CT molecular complexity index is 839. The van der Waals surface area contributed by atoms with Crippen molar-refractivity contribution < 1.29 is 19.6 Å². The summed E-state index contributed by atoms with van der Waals surface area (Å²) in [6.45, 7) is 1.55. The summed E-state index contributed by atoms with van der Waals surface area (Å²) in [5.74, 6) is -0.723. The lowest BCUT2D eigenvalue weighted by Crippen LogP contribution is -2.24. The summed E-state index contributed by atoms with van der Waals surface area (Å²) < 4.78 is 5.30. The number of hydrogen-bond donors (Lipinski definition) is 1. The summed E-state index contributed by atoms with van der Waals surface area (Å²) in [6, 6.07) is 8.49. The minimum absolute atomic E-state index is 0.266. The van der Waals surface area contributed by atoms with E-state index < -0.39 is 22.3 Å². The van der Waals surface area contributed by atoms with Crippen molar-refractivity contribution in [2.45, 2.75) is 6.92 Å². The van der Waals surface area contributed by atoms with Gasteiger partial charge in [0.2, 0.25) is 0 Å². The minimum atomic E-state index is -0.778. The summed E-state index contributed by atoms with van der Waals surface area (Å²) in [5.41, 5.74) is 2.79. The van der Waals surface area contributed by atoms with Gasteiger partial charge in [0, 0.05) is 16.7 Å². The Morgan fingerprint density at radius 2 is 2.12 bits per heavy atom. The fourth-order valence-electron chi connectivity index (χ4n) is 1.82. The van der Waals surface area contributed by atoms with Crippen molar-refractivity contribution in [1.29, 1.82) is 0 Å². The van der Waals surface area contributed by atoms with Gasteiger partial charge in [0.15, 0.2) is 6.61 Å². The van der Waals surface area contributed by atoms with Crippen molar-refractivity contribution in [2.75, 3.05) is 6.61 Å². The molecule has 0 atom stereocenters. The molecule has 0 aliphatic carbocycles. The Labute approximate surface area is 147 Å². The van der Waals surface area contributed by atoms with Crippen molar-refractivity contribution in [3.05, 3.63) is 62.7 Å². The molecule has 0 aromatic heterocycles. The lowest BCUT2D eigenvalue weighted by molar-refractivity contribution is -0.398. The SMILES string of the molecule is Cc1cc(OCC(=O)N/N=C\c2ccc([O-])c([N+](=O)[O-])c2)ccc1Cl. The lowest BCUT2D eigenvalue weighted by atomic mass is 10.2. The third-order valence-corrected chi connectivity index (χ3v) is 3.51. The first-order valence-electron chi connectivity index (χ1n) is 7.03. The number of carbonyl (C=O) groups is 1. The Morgan fingerprint density at radius 3 is 2.80 bits per heavy atom. The predicted molar refractivity (Wildman–Crippen MR) is 90.0 cm³/mol. The van der Waals surface area contributed by atoms with Crippen LogP contribution in [-0.2, 0) is 4.79 Å². The zero-order valence-corrected chi connectivity index (χ0v) is 13.8. The summed E-state index contributed by atoms with van der Waals surface area (Å²) >= 11 is 5.89. The molecule has 0 saturated carbocycles. The number of nitro groups is 1. The highest BCUT2D eigenvalue weighted by Gasteiger charge is 2.07. The maximum Gasteiger partial charge on any atom is 0.277 e. The third-order valence-electron chi connectivity index (χ3n) is 3.08. The van der Waals surface area contributed by atoms with Gasteiger partial charge >= 0.3 is 0 Å². The molecule has 130 valence electrons. The van der Waals surface area contributed by atoms with E-state index in [0.29, 0.717) is 16.3 Å². The van der Waals surface area contributed by atoms with Crippen molar-refractivity contribution in [3.8, 4) is 11.5 Å². The standard InChI is InChI=1S/C16H14ClN3O5/c1-10-6-12(3-4-13(10)17)25-9-16(22)19-18-8-11-2-5-15(21)14(7-11)20(23)24/h2-8,21H,9H2,1H3,(H,19,22)/p-1/b18-8-. The average molecular weight is 363 g/mol. The molecule has 0 aliphatic rings. The highest BCUT2D eigenvalue weighted by atomic mass is 35.5. The van der Waals surface area contributed by atoms with Crippen LogP contribution in [0.2, 0.25) is 5.02 Å². The van der Waals surface area contributed by atoms with Crippen LogP contribution in [0.5, 0.6) is 11.5 Å². The van der Waals surface area contributed by atoms with E-state index in [1.54, 1.807) is 18.2 Å². The first-order chi connectivity index (χ1) is 11.9. The van der Waals surface area contributed by atoms with Crippen LogP contribution in [0.1, 0.15) is 11.1 Å². The maximum absolute atomic E-state index is 11.7. The quantitative estimate of drug-likeness (QED) is 0.480. The van der Waals surface area contributed by atoms with Gasteiger partial charge in [0.05, 0.1) is 11.1 Å². The second-order valence-electron chi connectivity index (χ2n) is 4.98. The highest BCUT2D eigenvalue weighted by molar-refractivity contribution is 6.31. The zero-order chi connectivity index (χ0) is 18.4. The van der Waals surface area contributed by atoms with Gasteiger partial charge < -0.3 is 9.84 Å². The molecule has 0 aliphatic heterocycles. The number of nitro benzene ring substituents is 1. The number of amides is 1. The van der Waals surface area contributed by atoms with E-state index in [2.05, 4.69) is 10.5 Å². The number of benzene rings is 2. The monoisotopic (exact) mass is 362 g/mol. The molecule has 0 bridgehead atoms. The molecule has 0 saturated heterocycles. The first kappa shape index (κ1) is 18.2. The predicted octanol–water partition coefficient (Wildman–Crippen LogP) is 2.16. The minimum Gasteiger partial charge on any atom is -0.868 e. The molecule has 0 radical (unpaired) electrons. The van der Waals surface area contributed by atoms with E-state index in [1.165, 1.54) is 12.3 Å². The summed E-state index contributed by atoms with van der Waals surface area (Å²) in [4.78, 5) is 21.6. The van der Waals surface area contributed by atoms with Crippen LogP contribution >= 0.6 is 11.6 Å². The van der Waals surface area contributed by atoms with Gasteiger partial charge in [-0.05, 0) is 36.4 Å². The molecule has 0 spiro atoms. The molecular weight excluding hydrogens is 350 g/mol. The lowest BCUT2D eigenvalue weighted by Gasteiger charge is -2.07. The van der Waals surface area contributed by atoms with Gasteiger partial charge in [-0.25, -0.2) is 5.43 Å². The van der Waals surface area contributed by atoms with Crippen molar-refractivity contribution >= 4 is 29.4 Å². The molecule has 9 heteroatoms. The second kappa shape index (κ2) is 8.11. The number of carbonyl (C=O) groups excluding carboxylic acids is 1. The van der Waals surface area contributed by atoms with Gasteiger partial charge in [-0.1, -0.05) is 23.7 Å². The molecule has 25 heavy (non-hydrogen) atoms. The smallest absolute Gasteiger partial charge is 0.277 e. The fraction of sp³-hybridized carbons (Fsp3) is 0.125. The number of halogens is 1. The molecule has 1 N–H and O–H groups in total. The maximum atomic E-state index is 11.7. The van der Waals surface area contributed by atoms with Crippen LogP contribution in [0, 0.1) is 17.0 Å². The Balaban J connectivity index is 1.89. The zero-order valence-electron chi connectivity index (χ0n) is 13.1. The molecule has 2 aromatic carbocycles. The Morgan fingerprint density at radius 1 is 1.36 bits per heavy atom. The summed E-state index contributed by atoms with van der Waals surface area (Å²) in [6.07, 6.45) is 1.19. The average Bonchev–Trinajstić information content (AvgIpc) is 2.57. The summed E-state index contributed by atoms with van der Waals surface area (Å²) in [7, 11) is 0. The number of hydrogen-bond acceptors (Lipinski definition) is 6. The number of hydrazone groups is 1. The third kappa shape index (κ3) is 5.18. The largest absolute Gasteiger partial charge is 0.868 e. The van der Waals surface area contributed by atoms with E-state index in [4.69, 9.17) is 16.3 Å². The molecule has 1 amide bonds. The van der Waals surface area contributed by atoms with E-state index in [9.17, 15) is 20.0 Å². The number of nitrogens with zero attached hydrogens (tertiary/aromatic N) is 2. The normalized spacial score (nSPS) is 10.6. The van der Waals surface area contributed by atoms with Crippen LogP contribution in [0.25, 0.3) is 0 Å². The van der Waals surface area contributed by atoms with Crippen molar-refractivity contribution in [1.82, 2.24) is 5.43 Å². The first-order valence-corrected chi connectivity index (χ1v) is 7.41. The number of aryl methyl sites for hydroxylation is 1. The second-order valence-corrected chi connectivity index (χ2v) is 5.38. The van der Waals surface area contributed by atoms with E-state index in [0.717, 1.165) is 17.7 Å². The van der Waals surface area contributed by atoms with E-state index >= 15 is 0 Å². The van der Waals surface area contributed by atoms with Crippen molar-refractivity contribution in [3.63, 3.8) is 0 Å².